The average Bonchev–Trinajstić information content (AvgIpc) is 2.90. The molecule has 0 saturated heterocycles. The van der Waals surface area contributed by atoms with Gasteiger partial charge in [-0.15, -0.1) is 0 Å². The van der Waals surface area contributed by atoms with Crippen LogP contribution in [0.1, 0.15) is 50.8 Å². The van der Waals surface area contributed by atoms with Crippen LogP contribution < -0.4 is 5.32 Å². The minimum atomic E-state index is -0.893. The second-order valence-electron chi connectivity index (χ2n) is 10.1. The van der Waals surface area contributed by atoms with Gasteiger partial charge in [0.2, 0.25) is 0 Å². The van der Waals surface area contributed by atoms with E-state index in [-0.39, 0.29) is 19.0 Å². The third-order valence-corrected chi connectivity index (χ3v) is 6.04. The van der Waals surface area contributed by atoms with Gasteiger partial charge >= 0.3 is 11.9 Å². The Kier molecular flexibility index (Phi) is 9.42. The Labute approximate surface area is 220 Å². The van der Waals surface area contributed by atoms with E-state index in [1.54, 1.807) is 6.92 Å². The normalized spacial score (nSPS) is 13.3. The number of rotatable bonds is 11. The molecule has 0 fully saturated rings. The molecule has 0 aliphatic carbocycles. The lowest BCUT2D eigenvalue weighted by Gasteiger charge is -2.40. The molecule has 0 spiro atoms. The van der Waals surface area contributed by atoms with Crippen LogP contribution in [0.15, 0.2) is 104 Å². The Bertz CT molecular complexity index is 1060. The first-order chi connectivity index (χ1) is 17.7. The van der Waals surface area contributed by atoms with Gasteiger partial charge in [-0.2, -0.15) is 0 Å². The van der Waals surface area contributed by atoms with Gasteiger partial charge in [0.25, 0.3) is 0 Å². The van der Waals surface area contributed by atoms with Crippen molar-refractivity contribution in [2.24, 2.45) is 5.92 Å². The van der Waals surface area contributed by atoms with Crippen molar-refractivity contribution in [3.63, 3.8) is 0 Å². The van der Waals surface area contributed by atoms with Gasteiger partial charge in [-0.3, -0.25) is 14.9 Å². The summed E-state index contributed by atoms with van der Waals surface area (Å²) in [5, 5.41) is 3.68. The zero-order chi connectivity index (χ0) is 26.9. The quantitative estimate of drug-likeness (QED) is 0.198. The molecule has 2 atom stereocenters. The third-order valence-electron chi connectivity index (χ3n) is 6.04. The van der Waals surface area contributed by atoms with Crippen molar-refractivity contribution in [2.45, 2.75) is 51.3 Å². The highest BCUT2D eigenvalue weighted by Crippen LogP contribution is 2.38. The number of hydrogen-bond donors (Lipinski definition) is 1. The predicted molar refractivity (Wildman–Crippen MR) is 147 cm³/mol. The van der Waals surface area contributed by atoms with Gasteiger partial charge in [0, 0.05) is 0 Å². The molecule has 3 aromatic rings. The lowest BCUT2D eigenvalue weighted by atomic mass is 9.76. The molecule has 37 heavy (non-hydrogen) atoms. The summed E-state index contributed by atoms with van der Waals surface area (Å²) < 4.78 is 11.1. The lowest BCUT2D eigenvalue weighted by molar-refractivity contribution is -0.159. The van der Waals surface area contributed by atoms with E-state index in [1.165, 1.54) is 6.08 Å². The van der Waals surface area contributed by atoms with Gasteiger partial charge in [-0.1, -0.05) is 111 Å². The maximum absolute atomic E-state index is 13.6. The van der Waals surface area contributed by atoms with Crippen LogP contribution in [-0.4, -0.2) is 30.2 Å². The highest BCUT2D eigenvalue weighted by molar-refractivity contribution is 5.79. The van der Waals surface area contributed by atoms with E-state index in [2.05, 4.69) is 11.9 Å². The van der Waals surface area contributed by atoms with Crippen LogP contribution in [0.2, 0.25) is 0 Å². The van der Waals surface area contributed by atoms with Gasteiger partial charge in [0.05, 0.1) is 11.5 Å². The number of benzene rings is 3. The van der Waals surface area contributed by atoms with Crippen LogP contribution in [-0.2, 0) is 24.6 Å². The maximum atomic E-state index is 13.6. The van der Waals surface area contributed by atoms with Crippen molar-refractivity contribution in [3.05, 3.63) is 120 Å². The summed E-state index contributed by atoms with van der Waals surface area (Å²) in [5.74, 6) is -1.37. The summed E-state index contributed by atoms with van der Waals surface area (Å²) in [5.41, 5.74) is 1.29. The smallest absolute Gasteiger partial charge is 0.323 e. The van der Waals surface area contributed by atoms with Gasteiger partial charge in [0.15, 0.2) is 0 Å². The molecule has 0 radical (unpaired) electrons. The molecule has 0 amide bonds. The van der Waals surface area contributed by atoms with E-state index in [1.807, 2.05) is 112 Å². The van der Waals surface area contributed by atoms with Crippen LogP contribution in [0.25, 0.3) is 0 Å². The number of hydrogen-bond acceptors (Lipinski definition) is 5. The van der Waals surface area contributed by atoms with Crippen LogP contribution >= 0.6 is 0 Å². The second-order valence-corrected chi connectivity index (χ2v) is 10.1. The molecule has 3 rings (SSSR count). The molecule has 0 bridgehead atoms. The molecule has 0 saturated carbocycles. The standard InChI is InChI=1S/C32H37NO4/c1-6-22-36-29(34)24(2)23-28(30(35)37-31(3,4)5)33-32(25-16-10-7-11-17-25,26-18-12-8-13-19-26)27-20-14-9-15-21-27/h6-21,24,28,33H,1,22-23H2,2-5H3/t24?,28-/m0/s1. The molecule has 5 nitrogen and oxygen atoms in total. The molecule has 0 heterocycles. The molecular formula is C32H37NO4. The summed E-state index contributed by atoms with van der Waals surface area (Å²) in [6.45, 7) is 11.0. The molecule has 0 aliphatic rings. The molecular weight excluding hydrogens is 462 g/mol. The van der Waals surface area contributed by atoms with Gasteiger partial charge in [-0.05, 0) is 43.9 Å². The Balaban J connectivity index is 2.17. The van der Waals surface area contributed by atoms with Crippen LogP contribution in [0, 0.1) is 5.92 Å². The van der Waals surface area contributed by atoms with Crippen molar-refractivity contribution < 1.29 is 19.1 Å². The second kappa shape index (κ2) is 12.5. The van der Waals surface area contributed by atoms with Crippen LogP contribution in [0.4, 0.5) is 0 Å². The summed E-state index contributed by atoms with van der Waals surface area (Å²) in [4.78, 5) is 26.3. The summed E-state index contributed by atoms with van der Waals surface area (Å²) in [6.07, 6.45) is 1.72. The number of carbonyl (C=O) groups is 2. The van der Waals surface area contributed by atoms with E-state index in [9.17, 15) is 9.59 Å². The fraction of sp³-hybridized carbons (Fsp3) is 0.312. The first kappa shape index (κ1) is 27.9. The van der Waals surface area contributed by atoms with Crippen LogP contribution in [0.5, 0.6) is 0 Å². The van der Waals surface area contributed by atoms with E-state index in [0.29, 0.717) is 0 Å². The first-order valence-electron chi connectivity index (χ1n) is 12.6. The van der Waals surface area contributed by atoms with Crippen molar-refractivity contribution in [3.8, 4) is 0 Å². The summed E-state index contributed by atoms with van der Waals surface area (Å²) in [6, 6.07) is 29.2. The Morgan fingerprint density at radius 3 is 1.62 bits per heavy atom. The number of esters is 2. The highest BCUT2D eigenvalue weighted by Gasteiger charge is 2.41. The number of nitrogens with one attached hydrogen (secondary N) is 1. The van der Waals surface area contributed by atoms with Crippen LogP contribution in [0.3, 0.4) is 0 Å². The Hall–Kier alpha value is -3.70. The number of ether oxygens (including phenoxy) is 2. The molecule has 0 aliphatic heterocycles. The largest absolute Gasteiger partial charge is 0.461 e. The molecule has 1 N–H and O–H groups in total. The fourth-order valence-corrected chi connectivity index (χ4v) is 4.40. The molecule has 1 unspecified atom stereocenters. The molecule has 5 heteroatoms. The van der Waals surface area contributed by atoms with E-state index in [4.69, 9.17) is 9.47 Å². The minimum Gasteiger partial charge on any atom is -0.461 e. The zero-order valence-electron chi connectivity index (χ0n) is 22.1. The van der Waals surface area contributed by atoms with Gasteiger partial charge in [-0.25, -0.2) is 0 Å². The summed E-state index contributed by atoms with van der Waals surface area (Å²) in [7, 11) is 0. The molecule has 3 aromatic carbocycles. The summed E-state index contributed by atoms with van der Waals surface area (Å²) >= 11 is 0. The monoisotopic (exact) mass is 499 g/mol. The maximum Gasteiger partial charge on any atom is 0.323 e. The van der Waals surface area contributed by atoms with E-state index >= 15 is 0 Å². The van der Waals surface area contributed by atoms with E-state index in [0.717, 1.165) is 16.7 Å². The van der Waals surface area contributed by atoms with Gasteiger partial charge < -0.3 is 9.47 Å². The average molecular weight is 500 g/mol. The van der Waals surface area contributed by atoms with Crippen molar-refractivity contribution in [1.29, 1.82) is 0 Å². The third kappa shape index (κ3) is 7.17. The fourth-order valence-electron chi connectivity index (χ4n) is 4.40. The zero-order valence-corrected chi connectivity index (χ0v) is 22.1. The highest BCUT2D eigenvalue weighted by atomic mass is 16.6. The number of carbonyl (C=O) groups excluding carboxylic acids is 2. The minimum absolute atomic E-state index is 0.121. The Morgan fingerprint density at radius 2 is 1.24 bits per heavy atom. The predicted octanol–water partition coefficient (Wildman–Crippen LogP) is 6.03. The van der Waals surface area contributed by atoms with Crippen molar-refractivity contribution in [1.82, 2.24) is 5.32 Å². The van der Waals surface area contributed by atoms with Crippen molar-refractivity contribution >= 4 is 11.9 Å². The lowest BCUT2D eigenvalue weighted by Crippen LogP contribution is -2.54. The first-order valence-corrected chi connectivity index (χ1v) is 12.6. The molecule has 194 valence electrons. The SMILES string of the molecule is C=CCOC(=O)C(C)C[C@H](NC(c1ccccc1)(c1ccccc1)c1ccccc1)C(=O)OC(C)(C)C. The van der Waals surface area contributed by atoms with Crippen molar-refractivity contribution in [2.75, 3.05) is 6.61 Å². The molecule has 0 aromatic heterocycles. The van der Waals surface area contributed by atoms with E-state index < -0.39 is 29.1 Å². The topological polar surface area (TPSA) is 64.6 Å². The van der Waals surface area contributed by atoms with Gasteiger partial charge in [0.1, 0.15) is 18.2 Å². The Morgan fingerprint density at radius 1 is 0.811 bits per heavy atom.